The Labute approximate surface area is 104 Å². The highest BCUT2D eigenvalue weighted by Gasteiger charge is 2.09. The van der Waals surface area contributed by atoms with Crippen molar-refractivity contribution in [3.05, 3.63) is 30.1 Å². The highest BCUT2D eigenvalue weighted by atomic mass is 16.5. The van der Waals surface area contributed by atoms with E-state index >= 15 is 0 Å². The monoisotopic (exact) mass is 246 g/mol. The van der Waals surface area contributed by atoms with E-state index in [9.17, 15) is 0 Å². The van der Waals surface area contributed by atoms with Crippen LogP contribution < -0.4 is 15.8 Å². The lowest BCUT2D eigenvalue weighted by molar-refractivity contribution is 0.415. The molecule has 0 aliphatic carbocycles. The molecule has 3 N–H and O–H groups in total. The minimum absolute atomic E-state index is 0.296. The predicted octanol–water partition coefficient (Wildman–Crippen LogP) is 0.778. The highest BCUT2D eigenvalue weighted by Crippen LogP contribution is 2.26. The van der Waals surface area contributed by atoms with Crippen LogP contribution in [0.4, 0.5) is 11.6 Å². The van der Waals surface area contributed by atoms with Gasteiger partial charge < -0.3 is 15.8 Å². The molecule has 0 fully saturated rings. The molecule has 2 aromatic heterocycles. The molecular weight excluding hydrogens is 232 g/mol. The van der Waals surface area contributed by atoms with E-state index in [-0.39, 0.29) is 0 Å². The molecule has 0 aliphatic rings. The average molecular weight is 246 g/mol. The average Bonchev–Trinajstić information content (AvgIpc) is 2.38. The summed E-state index contributed by atoms with van der Waals surface area (Å²) in [5, 5.41) is 3.08. The second-order valence-corrected chi connectivity index (χ2v) is 3.64. The summed E-state index contributed by atoms with van der Waals surface area (Å²) < 4.78 is 5.14. The van der Waals surface area contributed by atoms with Crippen LogP contribution in [-0.4, -0.2) is 27.0 Å². The first-order chi connectivity index (χ1) is 8.70. The number of aromatic nitrogens is 4. The fraction of sp³-hybridized carbons (Fsp3) is 0.273. The maximum Gasteiger partial charge on any atom is 0.203 e. The van der Waals surface area contributed by atoms with Crippen LogP contribution >= 0.6 is 0 Å². The summed E-state index contributed by atoms with van der Waals surface area (Å²) in [6.45, 7) is 2.37. The summed E-state index contributed by atoms with van der Waals surface area (Å²) >= 11 is 0. The minimum atomic E-state index is 0.296. The summed E-state index contributed by atoms with van der Waals surface area (Å²) in [4.78, 5) is 16.3. The fourth-order valence-electron chi connectivity index (χ4n) is 1.40. The van der Waals surface area contributed by atoms with E-state index in [4.69, 9.17) is 10.5 Å². The number of nitrogen functional groups attached to an aromatic ring is 1. The maximum atomic E-state index is 5.68. The Bertz CT molecular complexity index is 528. The highest BCUT2D eigenvalue weighted by molar-refractivity contribution is 5.61. The smallest absolute Gasteiger partial charge is 0.203 e. The van der Waals surface area contributed by atoms with Crippen molar-refractivity contribution in [1.82, 2.24) is 19.9 Å². The van der Waals surface area contributed by atoms with Crippen LogP contribution in [0.25, 0.3) is 0 Å². The number of anilines is 2. The molecule has 0 amide bonds. The van der Waals surface area contributed by atoms with Crippen LogP contribution in [0.15, 0.2) is 18.7 Å². The Morgan fingerprint density at radius 1 is 1.22 bits per heavy atom. The van der Waals surface area contributed by atoms with E-state index in [1.165, 1.54) is 13.4 Å². The summed E-state index contributed by atoms with van der Waals surface area (Å²) in [6, 6.07) is 0. The zero-order valence-corrected chi connectivity index (χ0v) is 10.2. The predicted molar refractivity (Wildman–Crippen MR) is 67.1 cm³/mol. The number of hydrogen-bond donors (Lipinski definition) is 2. The second kappa shape index (κ2) is 5.26. The van der Waals surface area contributed by atoms with Gasteiger partial charge in [-0.1, -0.05) is 0 Å². The first-order valence-corrected chi connectivity index (χ1v) is 5.36. The first-order valence-electron chi connectivity index (χ1n) is 5.36. The second-order valence-electron chi connectivity index (χ2n) is 3.64. The number of methoxy groups -OCH3 is 1. The van der Waals surface area contributed by atoms with Crippen LogP contribution in [0.1, 0.15) is 11.4 Å². The molecule has 94 valence electrons. The van der Waals surface area contributed by atoms with Gasteiger partial charge in [-0.15, -0.1) is 0 Å². The topological polar surface area (TPSA) is 98.8 Å². The van der Waals surface area contributed by atoms with Gasteiger partial charge in [-0.2, -0.15) is 0 Å². The Morgan fingerprint density at radius 2 is 2.06 bits per heavy atom. The van der Waals surface area contributed by atoms with Gasteiger partial charge >= 0.3 is 0 Å². The zero-order chi connectivity index (χ0) is 13.0. The molecule has 0 radical (unpaired) electrons. The van der Waals surface area contributed by atoms with Crippen LogP contribution in [0, 0.1) is 6.92 Å². The number of aryl methyl sites for hydroxylation is 1. The van der Waals surface area contributed by atoms with Crippen LogP contribution in [0.2, 0.25) is 0 Å². The molecule has 0 unspecified atom stereocenters. The summed E-state index contributed by atoms with van der Waals surface area (Å²) in [5.74, 6) is 1.26. The molecule has 0 aromatic carbocycles. The molecule has 0 bridgehead atoms. The van der Waals surface area contributed by atoms with E-state index in [2.05, 4.69) is 25.3 Å². The molecular formula is C11H14N6O. The summed E-state index contributed by atoms with van der Waals surface area (Å²) in [7, 11) is 1.52. The van der Waals surface area contributed by atoms with Gasteiger partial charge in [0, 0.05) is 6.20 Å². The zero-order valence-electron chi connectivity index (χ0n) is 10.2. The van der Waals surface area contributed by atoms with E-state index < -0.39 is 0 Å². The van der Waals surface area contributed by atoms with E-state index in [0.29, 0.717) is 23.9 Å². The van der Waals surface area contributed by atoms with Crippen molar-refractivity contribution in [1.29, 1.82) is 0 Å². The standard InChI is InChI=1S/C11H14N6O/c1-7-3-14-8(4-13-7)5-15-11-9(18-2)10(12)16-6-17-11/h3-4,6H,5H2,1-2H3,(H3,12,15,16,17). The van der Waals surface area contributed by atoms with Crippen molar-refractivity contribution in [3.8, 4) is 5.75 Å². The third kappa shape index (κ3) is 2.62. The summed E-state index contributed by atoms with van der Waals surface area (Å²) in [5.41, 5.74) is 7.36. The minimum Gasteiger partial charge on any atom is -0.490 e. The largest absolute Gasteiger partial charge is 0.490 e. The lowest BCUT2D eigenvalue weighted by Gasteiger charge is -2.10. The number of rotatable bonds is 4. The lowest BCUT2D eigenvalue weighted by Crippen LogP contribution is -2.07. The Kier molecular flexibility index (Phi) is 3.52. The lowest BCUT2D eigenvalue weighted by atomic mass is 10.4. The van der Waals surface area contributed by atoms with Crippen LogP contribution in [0.3, 0.4) is 0 Å². The van der Waals surface area contributed by atoms with Gasteiger partial charge in [-0.05, 0) is 6.92 Å². The number of ether oxygens (including phenoxy) is 1. The molecule has 0 spiro atoms. The Balaban J connectivity index is 2.10. The van der Waals surface area contributed by atoms with Crippen LogP contribution in [0.5, 0.6) is 5.75 Å². The van der Waals surface area contributed by atoms with Gasteiger partial charge in [-0.25, -0.2) is 9.97 Å². The first kappa shape index (κ1) is 12.0. The molecule has 7 heteroatoms. The number of hydrogen-bond acceptors (Lipinski definition) is 7. The number of nitrogens with zero attached hydrogens (tertiary/aromatic N) is 4. The molecule has 7 nitrogen and oxygen atoms in total. The van der Waals surface area contributed by atoms with Crippen molar-refractivity contribution < 1.29 is 4.74 Å². The SMILES string of the molecule is COc1c(N)ncnc1NCc1cnc(C)cn1. The third-order valence-electron chi connectivity index (χ3n) is 2.31. The molecule has 0 saturated heterocycles. The van der Waals surface area contributed by atoms with Gasteiger partial charge in [0.05, 0.1) is 31.2 Å². The fourth-order valence-corrected chi connectivity index (χ4v) is 1.40. The van der Waals surface area contributed by atoms with Crippen molar-refractivity contribution >= 4 is 11.6 Å². The van der Waals surface area contributed by atoms with Crippen molar-refractivity contribution in [3.63, 3.8) is 0 Å². The van der Waals surface area contributed by atoms with Crippen molar-refractivity contribution in [2.75, 3.05) is 18.2 Å². The number of nitrogens with one attached hydrogen (secondary N) is 1. The molecule has 18 heavy (non-hydrogen) atoms. The molecule has 0 atom stereocenters. The van der Waals surface area contributed by atoms with Gasteiger partial charge in [0.15, 0.2) is 11.6 Å². The van der Waals surface area contributed by atoms with Gasteiger partial charge in [0.2, 0.25) is 5.75 Å². The van der Waals surface area contributed by atoms with Crippen molar-refractivity contribution in [2.24, 2.45) is 0 Å². The quantitative estimate of drug-likeness (QED) is 0.822. The molecule has 0 saturated carbocycles. The summed E-state index contributed by atoms with van der Waals surface area (Å²) in [6.07, 6.45) is 4.79. The number of nitrogens with two attached hydrogens (primary N) is 1. The Hall–Kier alpha value is -2.44. The van der Waals surface area contributed by atoms with E-state index in [1.807, 2.05) is 6.92 Å². The third-order valence-corrected chi connectivity index (χ3v) is 2.31. The van der Waals surface area contributed by atoms with Gasteiger partial charge in [-0.3, -0.25) is 9.97 Å². The van der Waals surface area contributed by atoms with E-state index in [0.717, 1.165) is 11.4 Å². The normalized spacial score (nSPS) is 10.1. The van der Waals surface area contributed by atoms with Crippen LogP contribution in [-0.2, 0) is 6.54 Å². The maximum absolute atomic E-state index is 5.68. The molecule has 0 aliphatic heterocycles. The van der Waals surface area contributed by atoms with Crippen molar-refractivity contribution in [2.45, 2.75) is 13.5 Å². The van der Waals surface area contributed by atoms with Gasteiger partial charge in [0.25, 0.3) is 0 Å². The van der Waals surface area contributed by atoms with Gasteiger partial charge in [0.1, 0.15) is 6.33 Å². The molecule has 2 aromatic rings. The molecule has 2 rings (SSSR count). The molecule has 2 heterocycles. The Morgan fingerprint density at radius 3 is 2.72 bits per heavy atom. The van der Waals surface area contributed by atoms with E-state index in [1.54, 1.807) is 12.4 Å².